The van der Waals surface area contributed by atoms with E-state index in [9.17, 15) is 0 Å². The zero-order valence-corrected chi connectivity index (χ0v) is 10.8. The van der Waals surface area contributed by atoms with Crippen LogP contribution in [0.25, 0.3) is 22.4 Å². The van der Waals surface area contributed by atoms with E-state index in [0.717, 1.165) is 22.4 Å². The summed E-state index contributed by atoms with van der Waals surface area (Å²) >= 11 is 0. The van der Waals surface area contributed by atoms with Crippen LogP contribution in [0.15, 0.2) is 47.2 Å². The Morgan fingerprint density at radius 3 is 2.80 bits per heavy atom. The van der Waals surface area contributed by atoms with Gasteiger partial charge in [0.05, 0.1) is 25.1 Å². The van der Waals surface area contributed by atoms with E-state index in [1.165, 1.54) is 0 Å². The molecule has 3 aromatic rings. The molecule has 0 radical (unpaired) electrons. The normalized spacial score (nSPS) is 10.4. The van der Waals surface area contributed by atoms with Crippen LogP contribution in [-0.2, 0) is 0 Å². The summed E-state index contributed by atoms with van der Waals surface area (Å²) in [5.41, 5.74) is 8.91. The Hall–Kier alpha value is -2.89. The average Bonchev–Trinajstić information content (AvgIpc) is 2.90. The molecule has 0 aliphatic rings. The molecule has 3 rings (SSSR count). The zero-order valence-electron chi connectivity index (χ0n) is 10.8. The Morgan fingerprint density at radius 1 is 1.15 bits per heavy atom. The topological polar surface area (TPSA) is 87.1 Å². The number of nitrogen functional groups attached to an aromatic ring is 1. The monoisotopic (exact) mass is 268 g/mol. The predicted octanol–water partition coefficient (Wildman–Crippen LogP) is 2.39. The molecule has 100 valence electrons. The van der Waals surface area contributed by atoms with Crippen LogP contribution in [0.5, 0.6) is 5.75 Å². The van der Waals surface area contributed by atoms with Crippen LogP contribution in [-0.4, -0.2) is 22.5 Å². The second kappa shape index (κ2) is 5.00. The van der Waals surface area contributed by atoms with Crippen LogP contribution in [0.4, 0.5) is 5.88 Å². The van der Waals surface area contributed by atoms with Gasteiger partial charge in [0.1, 0.15) is 11.4 Å². The van der Waals surface area contributed by atoms with E-state index < -0.39 is 0 Å². The number of hydrogen-bond donors (Lipinski definition) is 1. The molecule has 0 amide bonds. The molecule has 0 saturated carbocycles. The summed E-state index contributed by atoms with van der Waals surface area (Å²) in [5.74, 6) is 0.993. The molecule has 1 aromatic carbocycles. The first kappa shape index (κ1) is 12.2. The van der Waals surface area contributed by atoms with Gasteiger partial charge in [-0.15, -0.1) is 0 Å². The number of methoxy groups -OCH3 is 1. The first-order chi connectivity index (χ1) is 9.79. The van der Waals surface area contributed by atoms with Gasteiger partial charge in [-0.1, -0.05) is 17.3 Å². The van der Waals surface area contributed by atoms with Crippen molar-refractivity contribution >= 4 is 5.88 Å². The van der Waals surface area contributed by atoms with Crippen molar-refractivity contribution in [2.75, 3.05) is 12.8 Å². The molecule has 2 aromatic heterocycles. The van der Waals surface area contributed by atoms with Gasteiger partial charge in [-0.05, 0) is 23.8 Å². The highest BCUT2D eigenvalue weighted by atomic mass is 16.5. The van der Waals surface area contributed by atoms with Gasteiger partial charge in [0.15, 0.2) is 0 Å². The van der Waals surface area contributed by atoms with Crippen molar-refractivity contribution in [2.45, 2.75) is 0 Å². The maximum Gasteiger partial charge on any atom is 0.230 e. The second-order valence-electron chi connectivity index (χ2n) is 4.13. The van der Waals surface area contributed by atoms with Crippen molar-refractivity contribution in [2.24, 2.45) is 0 Å². The van der Waals surface area contributed by atoms with Gasteiger partial charge in [0.2, 0.25) is 5.88 Å². The van der Waals surface area contributed by atoms with Crippen LogP contribution >= 0.6 is 0 Å². The Morgan fingerprint density at radius 2 is 2.05 bits per heavy atom. The lowest BCUT2D eigenvalue weighted by molar-refractivity contribution is 0.415. The third-order valence-corrected chi connectivity index (χ3v) is 2.93. The van der Waals surface area contributed by atoms with Crippen molar-refractivity contribution in [1.82, 2.24) is 15.4 Å². The lowest BCUT2D eigenvalue weighted by Gasteiger charge is -2.05. The molecule has 0 aliphatic carbocycles. The summed E-state index contributed by atoms with van der Waals surface area (Å²) in [4.78, 5) is 0. The van der Waals surface area contributed by atoms with Gasteiger partial charge in [0.25, 0.3) is 0 Å². The Kier molecular flexibility index (Phi) is 3.04. The van der Waals surface area contributed by atoms with E-state index in [2.05, 4.69) is 15.4 Å². The maximum absolute atomic E-state index is 5.90. The van der Waals surface area contributed by atoms with Crippen LogP contribution in [0.3, 0.4) is 0 Å². The summed E-state index contributed by atoms with van der Waals surface area (Å²) in [7, 11) is 1.61. The van der Waals surface area contributed by atoms with Gasteiger partial charge in [0, 0.05) is 5.56 Å². The molecule has 0 fully saturated rings. The molecule has 0 spiro atoms. The minimum Gasteiger partial charge on any atom is -0.497 e. The van der Waals surface area contributed by atoms with E-state index in [1.54, 1.807) is 25.6 Å². The SMILES string of the molecule is COc1cccc(-c2c(-c3ccnnc3)noc2N)c1. The highest BCUT2D eigenvalue weighted by Gasteiger charge is 2.18. The van der Waals surface area contributed by atoms with Crippen LogP contribution < -0.4 is 10.5 Å². The third kappa shape index (κ3) is 2.07. The fourth-order valence-corrected chi connectivity index (χ4v) is 1.99. The maximum atomic E-state index is 5.90. The van der Waals surface area contributed by atoms with E-state index in [-0.39, 0.29) is 5.88 Å². The van der Waals surface area contributed by atoms with Gasteiger partial charge in [-0.25, -0.2) is 0 Å². The second-order valence-corrected chi connectivity index (χ2v) is 4.13. The largest absolute Gasteiger partial charge is 0.497 e. The zero-order chi connectivity index (χ0) is 13.9. The van der Waals surface area contributed by atoms with E-state index in [1.807, 2.05) is 24.3 Å². The molecule has 0 atom stereocenters. The molecule has 20 heavy (non-hydrogen) atoms. The lowest BCUT2D eigenvalue weighted by Crippen LogP contribution is -1.90. The predicted molar refractivity (Wildman–Crippen MR) is 73.9 cm³/mol. The van der Waals surface area contributed by atoms with E-state index >= 15 is 0 Å². The lowest BCUT2D eigenvalue weighted by atomic mass is 10.0. The molecular formula is C14H12N4O2. The van der Waals surface area contributed by atoms with Crippen molar-refractivity contribution in [1.29, 1.82) is 0 Å². The number of benzene rings is 1. The van der Waals surface area contributed by atoms with Crippen LogP contribution in [0.1, 0.15) is 0 Å². The summed E-state index contributed by atoms with van der Waals surface area (Å²) in [6, 6.07) is 9.34. The number of ether oxygens (including phenoxy) is 1. The Balaban J connectivity index is 2.16. The average molecular weight is 268 g/mol. The number of anilines is 1. The standard InChI is InChI=1S/C14H12N4O2/c1-19-11-4-2-3-9(7-11)12-13(18-20-14(12)15)10-5-6-16-17-8-10/h2-8H,15H2,1H3. The summed E-state index contributed by atoms with van der Waals surface area (Å²) in [6.07, 6.45) is 3.20. The summed E-state index contributed by atoms with van der Waals surface area (Å²) in [5, 5.41) is 11.6. The summed E-state index contributed by atoms with van der Waals surface area (Å²) < 4.78 is 10.3. The van der Waals surface area contributed by atoms with Crippen LogP contribution in [0.2, 0.25) is 0 Å². The Bertz CT molecular complexity index is 725. The first-order valence-corrected chi connectivity index (χ1v) is 5.96. The van der Waals surface area contributed by atoms with Crippen molar-refractivity contribution < 1.29 is 9.26 Å². The van der Waals surface area contributed by atoms with Gasteiger partial charge >= 0.3 is 0 Å². The molecular weight excluding hydrogens is 256 g/mol. The molecule has 0 aliphatic heterocycles. The van der Waals surface area contributed by atoms with E-state index in [0.29, 0.717) is 5.69 Å². The molecule has 2 N–H and O–H groups in total. The number of nitrogens with zero attached hydrogens (tertiary/aromatic N) is 3. The highest BCUT2D eigenvalue weighted by Crippen LogP contribution is 2.36. The fourth-order valence-electron chi connectivity index (χ4n) is 1.99. The molecule has 0 saturated heterocycles. The van der Waals surface area contributed by atoms with Gasteiger partial charge < -0.3 is 15.0 Å². The molecule has 0 bridgehead atoms. The van der Waals surface area contributed by atoms with Gasteiger partial charge in [-0.2, -0.15) is 10.2 Å². The smallest absolute Gasteiger partial charge is 0.230 e. The molecule has 6 heteroatoms. The first-order valence-electron chi connectivity index (χ1n) is 5.96. The number of rotatable bonds is 3. The van der Waals surface area contributed by atoms with E-state index in [4.69, 9.17) is 15.0 Å². The van der Waals surface area contributed by atoms with Crippen molar-refractivity contribution in [3.63, 3.8) is 0 Å². The molecule has 2 heterocycles. The summed E-state index contributed by atoms with van der Waals surface area (Å²) in [6.45, 7) is 0. The quantitative estimate of drug-likeness (QED) is 0.784. The number of aromatic nitrogens is 3. The molecule has 6 nitrogen and oxygen atoms in total. The van der Waals surface area contributed by atoms with Crippen molar-refractivity contribution in [3.8, 4) is 28.1 Å². The Labute approximate surface area is 115 Å². The third-order valence-electron chi connectivity index (χ3n) is 2.93. The molecule has 0 unspecified atom stereocenters. The minimum absolute atomic E-state index is 0.255. The number of hydrogen-bond acceptors (Lipinski definition) is 6. The number of nitrogens with two attached hydrogens (primary N) is 1. The van der Waals surface area contributed by atoms with Crippen LogP contribution in [0, 0.1) is 0 Å². The minimum atomic E-state index is 0.255. The highest BCUT2D eigenvalue weighted by molar-refractivity contribution is 5.86. The fraction of sp³-hybridized carbons (Fsp3) is 0.0714. The van der Waals surface area contributed by atoms with Gasteiger partial charge in [-0.3, -0.25) is 0 Å². The van der Waals surface area contributed by atoms with Crippen molar-refractivity contribution in [3.05, 3.63) is 42.7 Å².